The van der Waals surface area contributed by atoms with Crippen molar-refractivity contribution in [3.63, 3.8) is 0 Å². The molecule has 0 aliphatic carbocycles. The first-order valence-electron chi connectivity index (χ1n) is 7.47. The van der Waals surface area contributed by atoms with E-state index in [0.29, 0.717) is 12.5 Å². The van der Waals surface area contributed by atoms with E-state index in [1.54, 1.807) is 0 Å². The van der Waals surface area contributed by atoms with Crippen LogP contribution >= 0.6 is 0 Å². The SMILES string of the molecule is CCCCC(CC)CC(CCO)c1ccccc1. The lowest BCUT2D eigenvalue weighted by molar-refractivity contribution is 0.260. The van der Waals surface area contributed by atoms with E-state index in [9.17, 15) is 5.11 Å². The molecule has 2 atom stereocenters. The summed E-state index contributed by atoms with van der Waals surface area (Å²) >= 11 is 0. The van der Waals surface area contributed by atoms with Crippen molar-refractivity contribution in [2.24, 2.45) is 5.92 Å². The highest BCUT2D eigenvalue weighted by Gasteiger charge is 2.16. The first-order valence-corrected chi connectivity index (χ1v) is 7.47. The van der Waals surface area contributed by atoms with Crippen molar-refractivity contribution in [3.8, 4) is 0 Å². The van der Waals surface area contributed by atoms with E-state index in [1.807, 2.05) is 0 Å². The Hall–Kier alpha value is -0.820. The molecule has 2 unspecified atom stereocenters. The monoisotopic (exact) mass is 248 g/mol. The van der Waals surface area contributed by atoms with E-state index in [0.717, 1.165) is 12.3 Å². The standard InChI is InChI=1S/C17H28O/c1-3-5-9-15(4-2)14-17(12-13-18)16-10-7-6-8-11-16/h6-8,10-11,15,17-18H,3-5,9,12-14H2,1-2H3. The number of hydrogen-bond acceptors (Lipinski definition) is 1. The van der Waals surface area contributed by atoms with Gasteiger partial charge in [0.15, 0.2) is 0 Å². The van der Waals surface area contributed by atoms with Gasteiger partial charge in [-0.3, -0.25) is 0 Å². The Morgan fingerprint density at radius 1 is 1.06 bits per heavy atom. The molecule has 1 aromatic rings. The highest BCUT2D eigenvalue weighted by molar-refractivity contribution is 5.19. The molecular formula is C17H28O. The fourth-order valence-electron chi connectivity index (χ4n) is 2.69. The molecule has 0 bridgehead atoms. The Morgan fingerprint density at radius 3 is 2.33 bits per heavy atom. The molecule has 0 spiro atoms. The number of benzene rings is 1. The van der Waals surface area contributed by atoms with Crippen molar-refractivity contribution in [1.29, 1.82) is 0 Å². The summed E-state index contributed by atoms with van der Waals surface area (Å²) in [5, 5.41) is 9.26. The van der Waals surface area contributed by atoms with Gasteiger partial charge in [-0.05, 0) is 30.2 Å². The summed E-state index contributed by atoms with van der Waals surface area (Å²) in [7, 11) is 0. The minimum atomic E-state index is 0.295. The minimum Gasteiger partial charge on any atom is -0.396 e. The van der Waals surface area contributed by atoms with E-state index in [-0.39, 0.29) is 0 Å². The molecule has 0 aliphatic heterocycles. The summed E-state index contributed by atoms with van der Waals surface area (Å²) in [5.41, 5.74) is 1.39. The first-order chi connectivity index (χ1) is 8.81. The molecule has 0 aromatic heterocycles. The van der Waals surface area contributed by atoms with Crippen LogP contribution in [0.3, 0.4) is 0 Å². The quantitative estimate of drug-likeness (QED) is 0.668. The molecule has 1 rings (SSSR count). The van der Waals surface area contributed by atoms with E-state index >= 15 is 0 Å². The molecule has 0 aliphatic rings. The largest absolute Gasteiger partial charge is 0.396 e. The van der Waals surface area contributed by atoms with Crippen molar-refractivity contribution in [3.05, 3.63) is 35.9 Å². The second-order valence-corrected chi connectivity index (χ2v) is 5.27. The minimum absolute atomic E-state index is 0.295. The highest BCUT2D eigenvalue weighted by Crippen LogP contribution is 2.30. The third-order valence-corrected chi connectivity index (χ3v) is 3.91. The van der Waals surface area contributed by atoms with Crippen LogP contribution in [0.4, 0.5) is 0 Å². The molecule has 0 radical (unpaired) electrons. The lowest BCUT2D eigenvalue weighted by Gasteiger charge is -2.22. The number of aliphatic hydroxyl groups excluding tert-OH is 1. The molecule has 0 amide bonds. The summed E-state index contributed by atoms with van der Waals surface area (Å²) in [6, 6.07) is 10.7. The molecule has 0 fully saturated rings. The van der Waals surface area contributed by atoms with E-state index < -0.39 is 0 Å². The van der Waals surface area contributed by atoms with Gasteiger partial charge in [0.05, 0.1) is 0 Å². The van der Waals surface area contributed by atoms with Crippen LogP contribution in [0.2, 0.25) is 0 Å². The average molecular weight is 248 g/mol. The maximum Gasteiger partial charge on any atom is 0.0436 e. The average Bonchev–Trinajstić information content (AvgIpc) is 2.43. The van der Waals surface area contributed by atoms with Crippen LogP contribution in [-0.4, -0.2) is 11.7 Å². The second kappa shape index (κ2) is 9.16. The van der Waals surface area contributed by atoms with Crippen molar-refractivity contribution < 1.29 is 5.11 Å². The Morgan fingerprint density at radius 2 is 1.78 bits per heavy atom. The van der Waals surface area contributed by atoms with Crippen molar-refractivity contribution in [2.45, 2.75) is 58.3 Å². The zero-order valence-corrected chi connectivity index (χ0v) is 11.9. The Labute approximate surface area is 112 Å². The highest BCUT2D eigenvalue weighted by atomic mass is 16.3. The van der Waals surface area contributed by atoms with Crippen LogP contribution in [0.15, 0.2) is 30.3 Å². The summed E-state index contributed by atoms with van der Waals surface area (Å²) < 4.78 is 0. The van der Waals surface area contributed by atoms with Crippen molar-refractivity contribution >= 4 is 0 Å². The van der Waals surface area contributed by atoms with Crippen molar-refractivity contribution in [1.82, 2.24) is 0 Å². The topological polar surface area (TPSA) is 20.2 Å². The van der Waals surface area contributed by atoms with Crippen molar-refractivity contribution in [2.75, 3.05) is 6.61 Å². The van der Waals surface area contributed by atoms with Gasteiger partial charge in [0.25, 0.3) is 0 Å². The molecule has 1 N–H and O–H groups in total. The van der Waals surface area contributed by atoms with Gasteiger partial charge in [-0.25, -0.2) is 0 Å². The predicted molar refractivity (Wildman–Crippen MR) is 78.8 cm³/mol. The van der Waals surface area contributed by atoms with Crippen LogP contribution in [0, 0.1) is 5.92 Å². The lowest BCUT2D eigenvalue weighted by atomic mass is 9.83. The van der Waals surface area contributed by atoms with Gasteiger partial charge in [0.1, 0.15) is 0 Å². The molecule has 0 saturated carbocycles. The maximum atomic E-state index is 9.26. The van der Waals surface area contributed by atoms with Gasteiger partial charge < -0.3 is 5.11 Å². The van der Waals surface area contributed by atoms with Crippen LogP contribution in [-0.2, 0) is 0 Å². The van der Waals surface area contributed by atoms with Gasteiger partial charge in [-0.2, -0.15) is 0 Å². The fourth-order valence-corrected chi connectivity index (χ4v) is 2.69. The molecule has 1 nitrogen and oxygen atoms in total. The molecule has 0 saturated heterocycles. The third kappa shape index (κ3) is 5.22. The van der Waals surface area contributed by atoms with Gasteiger partial charge in [-0.1, -0.05) is 69.9 Å². The maximum absolute atomic E-state index is 9.26. The Balaban J connectivity index is 2.61. The van der Waals surface area contributed by atoms with Crippen LogP contribution in [0.25, 0.3) is 0 Å². The lowest BCUT2D eigenvalue weighted by Crippen LogP contribution is -2.09. The van der Waals surface area contributed by atoms with Gasteiger partial charge in [0, 0.05) is 6.61 Å². The number of hydrogen-bond donors (Lipinski definition) is 1. The third-order valence-electron chi connectivity index (χ3n) is 3.91. The Kier molecular flexibility index (Phi) is 7.75. The van der Waals surface area contributed by atoms with Gasteiger partial charge in [0.2, 0.25) is 0 Å². The molecular weight excluding hydrogens is 220 g/mol. The second-order valence-electron chi connectivity index (χ2n) is 5.27. The fraction of sp³-hybridized carbons (Fsp3) is 0.647. The van der Waals surface area contributed by atoms with Crippen LogP contribution < -0.4 is 0 Å². The van der Waals surface area contributed by atoms with Crippen LogP contribution in [0.5, 0.6) is 0 Å². The number of unbranched alkanes of at least 4 members (excludes halogenated alkanes) is 1. The first kappa shape index (κ1) is 15.2. The summed E-state index contributed by atoms with van der Waals surface area (Å²) in [6.07, 6.45) is 7.33. The molecule has 1 heteroatoms. The number of rotatable bonds is 9. The van der Waals surface area contributed by atoms with E-state index in [1.165, 1.54) is 37.7 Å². The zero-order valence-electron chi connectivity index (χ0n) is 11.9. The van der Waals surface area contributed by atoms with E-state index in [2.05, 4.69) is 44.2 Å². The molecule has 1 aromatic carbocycles. The zero-order chi connectivity index (χ0) is 13.2. The van der Waals surface area contributed by atoms with Gasteiger partial charge in [-0.15, -0.1) is 0 Å². The predicted octanol–water partition coefficient (Wildman–Crippen LogP) is 4.76. The number of aliphatic hydroxyl groups is 1. The summed E-state index contributed by atoms with van der Waals surface area (Å²) in [6.45, 7) is 4.85. The summed E-state index contributed by atoms with van der Waals surface area (Å²) in [5.74, 6) is 1.33. The molecule has 102 valence electrons. The van der Waals surface area contributed by atoms with Crippen LogP contribution in [0.1, 0.15) is 63.9 Å². The van der Waals surface area contributed by atoms with E-state index in [4.69, 9.17) is 0 Å². The van der Waals surface area contributed by atoms with Gasteiger partial charge >= 0.3 is 0 Å². The smallest absolute Gasteiger partial charge is 0.0436 e. The Bertz CT molecular complexity index is 294. The summed E-state index contributed by atoms with van der Waals surface area (Å²) in [4.78, 5) is 0. The normalized spacial score (nSPS) is 14.4. The molecule has 0 heterocycles. The molecule has 18 heavy (non-hydrogen) atoms.